The number of carboxylic acids is 1. The molecule has 142 valence electrons. The van der Waals surface area contributed by atoms with Crippen LogP contribution in [-0.4, -0.2) is 27.4 Å². The lowest BCUT2D eigenvalue weighted by molar-refractivity contribution is -0.147. The van der Waals surface area contributed by atoms with Gasteiger partial charge in [-0.15, -0.1) is 0 Å². The van der Waals surface area contributed by atoms with Crippen molar-refractivity contribution in [1.82, 2.24) is 0 Å². The highest BCUT2D eigenvalue weighted by Gasteiger charge is 2.42. The van der Waals surface area contributed by atoms with E-state index >= 15 is 0 Å². The zero-order valence-corrected chi connectivity index (χ0v) is 16.2. The number of aliphatic carboxylic acids is 1. The minimum absolute atomic E-state index is 0.0975. The van der Waals surface area contributed by atoms with Crippen LogP contribution in [0.4, 0.5) is 0 Å². The van der Waals surface area contributed by atoms with E-state index in [0.29, 0.717) is 11.5 Å². The Hall–Kier alpha value is -2.04. The van der Waals surface area contributed by atoms with Gasteiger partial charge in [0.15, 0.2) is 13.8 Å². The smallest absolute Gasteiger partial charge is 0.310 e. The number of carbonyl (C=O) groups is 2. The monoisotopic (exact) mass is 379 g/mol. The van der Waals surface area contributed by atoms with E-state index in [0.717, 1.165) is 5.56 Å². The van der Waals surface area contributed by atoms with Crippen molar-refractivity contribution in [2.75, 3.05) is 0 Å². The Balaban J connectivity index is 2.99. The molecular formula is C19H26NO5P. The zero-order chi connectivity index (χ0) is 19.9. The first kappa shape index (κ1) is 22.0. The highest BCUT2D eigenvalue weighted by molar-refractivity contribution is 7.25. The van der Waals surface area contributed by atoms with Crippen molar-refractivity contribution in [3.63, 3.8) is 0 Å². The Morgan fingerprint density at radius 1 is 1.27 bits per heavy atom. The van der Waals surface area contributed by atoms with Gasteiger partial charge in [0.25, 0.3) is 0 Å². The van der Waals surface area contributed by atoms with E-state index in [2.05, 4.69) is 13.8 Å². The fourth-order valence-corrected chi connectivity index (χ4v) is 3.46. The lowest BCUT2D eigenvalue weighted by Gasteiger charge is -2.27. The topological polar surface area (TPSA) is 118 Å². The maximum Gasteiger partial charge on any atom is 0.310 e. The summed E-state index contributed by atoms with van der Waals surface area (Å²) in [7, 11) is -0.702. The van der Waals surface area contributed by atoms with Crippen LogP contribution in [0, 0.1) is 5.92 Å². The molecule has 1 aromatic rings. The number of hydrogen-bond acceptors (Lipinski definition) is 4. The number of carboxylic acid groups (broad SMARTS) is 1. The molecule has 2 atom stereocenters. The molecular weight excluding hydrogens is 353 g/mol. The van der Waals surface area contributed by atoms with Crippen LogP contribution in [-0.2, 0) is 14.2 Å². The fourth-order valence-electron chi connectivity index (χ4n) is 2.78. The van der Waals surface area contributed by atoms with Crippen LogP contribution in [0.25, 0.3) is 6.08 Å². The molecule has 0 fully saturated rings. The molecule has 0 aromatic heterocycles. The second kappa shape index (κ2) is 9.60. The molecule has 0 aliphatic carbocycles. The molecule has 2 unspecified atom stereocenters. The van der Waals surface area contributed by atoms with Gasteiger partial charge in [0, 0.05) is 12.8 Å². The SMILES string of the molecule is C/C(=C\c1ccc(C(C)C)cc1)CC(O)(P=O)C(CCC(N)=O)C(=O)O. The predicted octanol–water partition coefficient (Wildman–Crippen LogP) is 3.55. The average molecular weight is 379 g/mol. The number of hydrogen-bond donors (Lipinski definition) is 3. The number of aliphatic hydroxyl groups is 1. The molecule has 0 aliphatic rings. The average Bonchev–Trinajstić information content (AvgIpc) is 2.54. The minimum atomic E-state index is -2.00. The lowest BCUT2D eigenvalue weighted by atomic mass is 9.90. The molecule has 0 radical (unpaired) electrons. The summed E-state index contributed by atoms with van der Waals surface area (Å²) in [5.74, 6) is -2.93. The number of rotatable bonds is 10. The minimum Gasteiger partial charge on any atom is -0.481 e. The normalized spacial score (nSPS) is 15.7. The Kier molecular flexibility index (Phi) is 8.12. The molecule has 0 saturated carbocycles. The van der Waals surface area contributed by atoms with Crippen LogP contribution in [0.5, 0.6) is 0 Å². The fraction of sp³-hybridized carbons (Fsp3) is 0.474. The van der Waals surface area contributed by atoms with Crippen LogP contribution >= 0.6 is 8.46 Å². The zero-order valence-electron chi connectivity index (χ0n) is 15.3. The van der Waals surface area contributed by atoms with Gasteiger partial charge < -0.3 is 15.9 Å². The largest absolute Gasteiger partial charge is 0.481 e. The third kappa shape index (κ3) is 6.36. The Morgan fingerprint density at radius 2 is 1.85 bits per heavy atom. The Bertz CT molecular complexity index is 684. The van der Waals surface area contributed by atoms with Gasteiger partial charge in [-0.1, -0.05) is 49.8 Å². The Morgan fingerprint density at radius 3 is 2.27 bits per heavy atom. The van der Waals surface area contributed by atoms with Gasteiger partial charge in [0.1, 0.15) is 0 Å². The summed E-state index contributed by atoms with van der Waals surface area (Å²) in [6.45, 7) is 5.93. The number of carbonyl (C=O) groups excluding carboxylic acids is 1. The molecule has 1 aromatic carbocycles. The van der Waals surface area contributed by atoms with Gasteiger partial charge >= 0.3 is 5.97 Å². The van der Waals surface area contributed by atoms with E-state index in [1.165, 1.54) is 5.56 Å². The van der Waals surface area contributed by atoms with E-state index in [4.69, 9.17) is 5.73 Å². The second-order valence-electron chi connectivity index (χ2n) is 6.85. The summed E-state index contributed by atoms with van der Waals surface area (Å²) in [6.07, 6.45) is 1.34. The highest BCUT2D eigenvalue weighted by atomic mass is 31.1. The van der Waals surface area contributed by atoms with E-state index in [9.17, 15) is 24.4 Å². The molecule has 1 amide bonds. The van der Waals surface area contributed by atoms with Gasteiger partial charge in [-0.05, 0) is 30.4 Å². The van der Waals surface area contributed by atoms with E-state index < -0.39 is 31.6 Å². The molecule has 7 heteroatoms. The standard InChI is InChI=1S/C19H26NO5P/c1-12(2)15-6-4-14(5-7-15)10-13(3)11-19(24,26-25)16(18(22)23)8-9-17(20)21/h4-7,10,12,16,24H,8-9,11H2,1-3H3,(H2,20,21)(H,22,23)/b13-10+. The summed E-state index contributed by atoms with van der Waals surface area (Å²) in [6, 6.07) is 7.90. The first-order chi connectivity index (χ1) is 12.1. The van der Waals surface area contributed by atoms with Crippen molar-refractivity contribution in [3.8, 4) is 0 Å². The first-order valence-electron chi connectivity index (χ1n) is 8.44. The summed E-state index contributed by atoms with van der Waals surface area (Å²) in [5.41, 5.74) is 7.84. The van der Waals surface area contributed by atoms with Crippen molar-refractivity contribution in [2.24, 2.45) is 11.7 Å². The van der Waals surface area contributed by atoms with Crippen molar-refractivity contribution in [1.29, 1.82) is 0 Å². The summed E-state index contributed by atoms with van der Waals surface area (Å²) in [4.78, 5) is 22.4. The molecule has 0 aliphatic heterocycles. The van der Waals surface area contributed by atoms with E-state index in [1.807, 2.05) is 30.3 Å². The second-order valence-corrected chi connectivity index (χ2v) is 7.81. The molecule has 0 bridgehead atoms. The van der Waals surface area contributed by atoms with Crippen LogP contribution in [0.1, 0.15) is 57.1 Å². The number of amides is 1. The van der Waals surface area contributed by atoms with Crippen molar-refractivity contribution in [3.05, 3.63) is 41.0 Å². The number of benzene rings is 1. The number of nitrogens with two attached hydrogens (primary N) is 1. The van der Waals surface area contributed by atoms with Gasteiger partial charge in [-0.3, -0.25) is 14.2 Å². The first-order valence-corrected chi connectivity index (χ1v) is 9.25. The molecule has 6 nitrogen and oxygen atoms in total. The predicted molar refractivity (Wildman–Crippen MR) is 101 cm³/mol. The lowest BCUT2D eigenvalue weighted by Crippen LogP contribution is -2.38. The van der Waals surface area contributed by atoms with Crippen molar-refractivity contribution in [2.45, 2.75) is 51.3 Å². The summed E-state index contributed by atoms with van der Waals surface area (Å²) >= 11 is 0. The molecule has 26 heavy (non-hydrogen) atoms. The molecule has 1 rings (SSSR count). The maximum absolute atomic E-state index is 11.6. The molecule has 4 N–H and O–H groups in total. The highest BCUT2D eigenvalue weighted by Crippen LogP contribution is 2.38. The Labute approximate surface area is 155 Å². The third-order valence-corrected chi connectivity index (χ3v) is 5.03. The van der Waals surface area contributed by atoms with Crippen LogP contribution < -0.4 is 5.73 Å². The van der Waals surface area contributed by atoms with E-state index in [-0.39, 0.29) is 19.3 Å². The maximum atomic E-state index is 11.6. The molecule has 0 saturated heterocycles. The van der Waals surface area contributed by atoms with Crippen molar-refractivity contribution < 1.29 is 24.4 Å². The summed E-state index contributed by atoms with van der Waals surface area (Å²) < 4.78 is 11.6. The number of primary amides is 1. The van der Waals surface area contributed by atoms with Gasteiger partial charge in [0.05, 0.1) is 5.92 Å². The van der Waals surface area contributed by atoms with Gasteiger partial charge in [-0.2, -0.15) is 0 Å². The third-order valence-electron chi connectivity index (χ3n) is 4.25. The van der Waals surface area contributed by atoms with Gasteiger partial charge in [-0.25, -0.2) is 0 Å². The molecule has 0 heterocycles. The quantitative estimate of drug-likeness (QED) is 0.537. The van der Waals surface area contributed by atoms with Crippen LogP contribution in [0.15, 0.2) is 29.8 Å². The molecule has 0 spiro atoms. The van der Waals surface area contributed by atoms with Crippen LogP contribution in [0.2, 0.25) is 0 Å². The van der Waals surface area contributed by atoms with E-state index in [1.54, 1.807) is 6.92 Å². The summed E-state index contributed by atoms with van der Waals surface area (Å²) in [5, 5.41) is 18.0. The van der Waals surface area contributed by atoms with Gasteiger partial charge in [0.2, 0.25) is 5.91 Å². The van der Waals surface area contributed by atoms with Crippen LogP contribution in [0.3, 0.4) is 0 Å². The van der Waals surface area contributed by atoms with Crippen molar-refractivity contribution >= 4 is 26.4 Å².